The van der Waals surface area contributed by atoms with E-state index in [4.69, 9.17) is 4.74 Å². The lowest BCUT2D eigenvalue weighted by atomic mass is 10.1. The van der Waals surface area contributed by atoms with E-state index in [0.29, 0.717) is 18.7 Å². The number of hydrogen-bond donors (Lipinski definition) is 2. The molecule has 0 spiro atoms. The maximum atomic E-state index is 13.9. The number of nitrogens with one attached hydrogen (secondary N) is 2. The van der Waals surface area contributed by atoms with Crippen molar-refractivity contribution < 1.29 is 13.5 Å². The van der Waals surface area contributed by atoms with Gasteiger partial charge in [-0.1, -0.05) is 6.07 Å². The highest BCUT2D eigenvalue weighted by Gasteiger charge is 2.22. The monoisotopic (exact) mass is 228 g/mol. The number of morpholine rings is 1. The first-order valence-electron chi connectivity index (χ1n) is 5.22. The van der Waals surface area contributed by atoms with E-state index < -0.39 is 11.6 Å². The lowest BCUT2D eigenvalue weighted by molar-refractivity contribution is 0.0255. The Kier molecular flexibility index (Phi) is 3.36. The van der Waals surface area contributed by atoms with Gasteiger partial charge in [0.15, 0.2) is 5.82 Å². The van der Waals surface area contributed by atoms with Crippen LogP contribution in [0, 0.1) is 11.6 Å². The normalized spacial score (nSPS) is 20.8. The third-order valence-electron chi connectivity index (χ3n) is 2.65. The molecule has 0 amide bonds. The zero-order valence-electron chi connectivity index (χ0n) is 9.02. The van der Waals surface area contributed by atoms with Gasteiger partial charge in [-0.25, -0.2) is 8.78 Å². The van der Waals surface area contributed by atoms with Gasteiger partial charge in [-0.15, -0.1) is 0 Å². The molecular weight excluding hydrogens is 214 g/mol. The summed E-state index contributed by atoms with van der Waals surface area (Å²) in [6.45, 7) is 1.85. The molecule has 0 aliphatic carbocycles. The van der Waals surface area contributed by atoms with Gasteiger partial charge >= 0.3 is 0 Å². The van der Waals surface area contributed by atoms with Crippen LogP contribution in [0.1, 0.15) is 11.7 Å². The van der Waals surface area contributed by atoms with Crippen molar-refractivity contribution in [2.75, 3.05) is 32.1 Å². The summed E-state index contributed by atoms with van der Waals surface area (Å²) < 4.78 is 32.6. The highest BCUT2D eigenvalue weighted by molar-refractivity contribution is 5.49. The summed E-state index contributed by atoms with van der Waals surface area (Å²) in [4.78, 5) is 0. The number of halogens is 2. The van der Waals surface area contributed by atoms with E-state index in [1.807, 2.05) is 0 Å². The van der Waals surface area contributed by atoms with Gasteiger partial charge in [-0.05, 0) is 6.07 Å². The van der Waals surface area contributed by atoms with Crippen LogP contribution in [-0.4, -0.2) is 26.7 Å². The number of benzene rings is 1. The number of anilines is 1. The van der Waals surface area contributed by atoms with Crippen molar-refractivity contribution in [3.05, 3.63) is 29.3 Å². The van der Waals surface area contributed by atoms with Crippen molar-refractivity contribution in [3.8, 4) is 0 Å². The Balaban J connectivity index is 2.33. The van der Waals surface area contributed by atoms with Gasteiger partial charge in [-0.2, -0.15) is 0 Å². The third-order valence-corrected chi connectivity index (χ3v) is 2.65. The Morgan fingerprint density at radius 3 is 2.88 bits per heavy atom. The molecule has 2 N–H and O–H groups in total. The van der Waals surface area contributed by atoms with Crippen molar-refractivity contribution in [2.24, 2.45) is 0 Å². The van der Waals surface area contributed by atoms with Gasteiger partial charge < -0.3 is 15.4 Å². The van der Waals surface area contributed by atoms with Crippen molar-refractivity contribution in [1.29, 1.82) is 0 Å². The standard InChI is InChI=1S/C11H14F2N2O/c1-14-11-8(12)3-2-7(10(11)13)9-6-15-4-5-16-9/h2-3,9,14-15H,4-6H2,1H3. The second kappa shape index (κ2) is 4.76. The molecule has 1 aliphatic heterocycles. The van der Waals surface area contributed by atoms with Crippen molar-refractivity contribution >= 4 is 5.69 Å². The quantitative estimate of drug-likeness (QED) is 0.807. The van der Waals surface area contributed by atoms with E-state index in [-0.39, 0.29) is 11.8 Å². The molecular formula is C11H14F2N2O. The zero-order chi connectivity index (χ0) is 11.5. The van der Waals surface area contributed by atoms with Crippen LogP contribution in [0.15, 0.2) is 12.1 Å². The maximum absolute atomic E-state index is 13.9. The van der Waals surface area contributed by atoms with Crippen molar-refractivity contribution in [2.45, 2.75) is 6.10 Å². The van der Waals surface area contributed by atoms with Gasteiger partial charge in [0.25, 0.3) is 0 Å². The summed E-state index contributed by atoms with van der Waals surface area (Å²) in [6.07, 6.45) is -0.346. The Hall–Kier alpha value is -1.20. The summed E-state index contributed by atoms with van der Waals surface area (Å²) >= 11 is 0. The highest BCUT2D eigenvalue weighted by atomic mass is 19.1. The lowest BCUT2D eigenvalue weighted by Crippen LogP contribution is -2.33. The van der Waals surface area contributed by atoms with E-state index in [9.17, 15) is 8.78 Å². The second-order valence-electron chi connectivity index (χ2n) is 3.64. The molecule has 0 radical (unpaired) electrons. The van der Waals surface area contributed by atoms with Crippen LogP contribution in [0.2, 0.25) is 0 Å². The molecule has 1 aromatic carbocycles. The highest BCUT2D eigenvalue weighted by Crippen LogP contribution is 2.28. The molecule has 1 heterocycles. The van der Waals surface area contributed by atoms with E-state index >= 15 is 0 Å². The number of rotatable bonds is 2. The van der Waals surface area contributed by atoms with Crippen LogP contribution >= 0.6 is 0 Å². The van der Waals surface area contributed by atoms with Crippen LogP contribution in [0.5, 0.6) is 0 Å². The maximum Gasteiger partial charge on any atom is 0.155 e. The third kappa shape index (κ3) is 2.01. The van der Waals surface area contributed by atoms with E-state index in [1.165, 1.54) is 19.2 Å². The Morgan fingerprint density at radius 2 is 2.25 bits per heavy atom. The van der Waals surface area contributed by atoms with Crippen molar-refractivity contribution in [1.82, 2.24) is 5.32 Å². The molecule has 1 aliphatic rings. The fourth-order valence-corrected chi connectivity index (χ4v) is 1.81. The Labute approximate surface area is 92.8 Å². The van der Waals surface area contributed by atoms with Crippen LogP contribution in [-0.2, 0) is 4.74 Å². The average Bonchev–Trinajstić information content (AvgIpc) is 2.31. The molecule has 5 heteroatoms. The molecule has 2 rings (SSSR count). The molecule has 1 fully saturated rings. The average molecular weight is 228 g/mol. The van der Waals surface area contributed by atoms with Gasteiger partial charge in [0.05, 0.1) is 12.7 Å². The summed E-state index contributed by atoms with van der Waals surface area (Å²) in [5.41, 5.74) is 0.282. The fourth-order valence-electron chi connectivity index (χ4n) is 1.81. The van der Waals surface area contributed by atoms with Crippen LogP contribution < -0.4 is 10.6 Å². The predicted molar refractivity (Wildman–Crippen MR) is 57.5 cm³/mol. The molecule has 1 saturated heterocycles. The minimum Gasteiger partial charge on any atom is -0.383 e. The molecule has 0 aromatic heterocycles. The summed E-state index contributed by atoms with van der Waals surface area (Å²) in [5, 5.41) is 5.62. The molecule has 1 atom stereocenters. The molecule has 16 heavy (non-hydrogen) atoms. The molecule has 0 bridgehead atoms. The summed E-state index contributed by atoms with van der Waals surface area (Å²) in [7, 11) is 1.49. The molecule has 3 nitrogen and oxygen atoms in total. The Morgan fingerprint density at radius 1 is 1.44 bits per heavy atom. The minimum absolute atomic E-state index is 0.105. The van der Waals surface area contributed by atoms with E-state index in [1.54, 1.807) is 0 Å². The second-order valence-corrected chi connectivity index (χ2v) is 3.64. The molecule has 1 unspecified atom stereocenters. The van der Waals surface area contributed by atoms with E-state index in [2.05, 4.69) is 10.6 Å². The number of ether oxygens (including phenoxy) is 1. The fraction of sp³-hybridized carbons (Fsp3) is 0.455. The first kappa shape index (κ1) is 11.3. The summed E-state index contributed by atoms with van der Waals surface area (Å²) in [6, 6.07) is 2.69. The largest absolute Gasteiger partial charge is 0.383 e. The van der Waals surface area contributed by atoms with Gasteiger partial charge in [-0.3, -0.25) is 0 Å². The first-order valence-corrected chi connectivity index (χ1v) is 5.22. The van der Waals surface area contributed by atoms with Crippen LogP contribution in [0.3, 0.4) is 0 Å². The smallest absolute Gasteiger partial charge is 0.155 e. The number of hydrogen-bond acceptors (Lipinski definition) is 3. The van der Waals surface area contributed by atoms with Gasteiger partial charge in [0.2, 0.25) is 0 Å². The van der Waals surface area contributed by atoms with E-state index in [0.717, 1.165) is 6.54 Å². The van der Waals surface area contributed by atoms with Crippen LogP contribution in [0.4, 0.5) is 14.5 Å². The lowest BCUT2D eigenvalue weighted by Gasteiger charge is -2.24. The zero-order valence-corrected chi connectivity index (χ0v) is 9.02. The first-order chi connectivity index (χ1) is 7.74. The predicted octanol–water partition coefficient (Wildman–Crippen LogP) is 1.67. The molecule has 1 aromatic rings. The van der Waals surface area contributed by atoms with Gasteiger partial charge in [0, 0.05) is 25.7 Å². The molecule has 0 saturated carbocycles. The molecule has 88 valence electrons. The van der Waals surface area contributed by atoms with Gasteiger partial charge in [0.1, 0.15) is 11.5 Å². The summed E-state index contributed by atoms with van der Waals surface area (Å²) in [5.74, 6) is -1.16. The minimum atomic E-state index is -0.590. The Bertz CT molecular complexity index is 378. The topological polar surface area (TPSA) is 33.3 Å². The van der Waals surface area contributed by atoms with Crippen LogP contribution in [0.25, 0.3) is 0 Å². The SMILES string of the molecule is CNc1c(F)ccc(C2CNCCO2)c1F. The van der Waals surface area contributed by atoms with Crippen molar-refractivity contribution in [3.63, 3.8) is 0 Å².